The molecule has 0 radical (unpaired) electrons. The van der Waals surface area contributed by atoms with Crippen LogP contribution in [0.2, 0.25) is 0 Å². The highest BCUT2D eigenvalue weighted by Crippen LogP contribution is 2.28. The second kappa shape index (κ2) is 6.72. The number of hydrogen-bond acceptors (Lipinski definition) is 4. The smallest absolute Gasteiger partial charge is 0.346 e. The Morgan fingerprint density at radius 1 is 1.42 bits per heavy atom. The first-order valence-corrected chi connectivity index (χ1v) is 6.14. The van der Waals surface area contributed by atoms with Crippen LogP contribution in [0.3, 0.4) is 0 Å². The van der Waals surface area contributed by atoms with E-state index in [2.05, 4.69) is 0 Å². The number of carboxylic acid groups (broad SMARTS) is 1. The van der Waals surface area contributed by atoms with Crippen LogP contribution in [0, 0.1) is 16.0 Å². The molecule has 0 bridgehead atoms. The number of ether oxygens (including phenoxy) is 1. The Hall–Kier alpha value is -2.11. The third kappa shape index (κ3) is 3.67. The Morgan fingerprint density at radius 2 is 2.05 bits per heavy atom. The van der Waals surface area contributed by atoms with Gasteiger partial charge in [-0.25, -0.2) is 4.79 Å². The summed E-state index contributed by atoms with van der Waals surface area (Å²) in [6.45, 7) is 4.39. The average molecular weight is 267 g/mol. The molecule has 1 rings (SSSR count). The maximum absolute atomic E-state index is 11.1. The summed E-state index contributed by atoms with van der Waals surface area (Å²) >= 11 is 0. The first-order valence-electron chi connectivity index (χ1n) is 6.14. The van der Waals surface area contributed by atoms with E-state index >= 15 is 0 Å². The van der Waals surface area contributed by atoms with E-state index in [1.165, 1.54) is 12.1 Å². The molecule has 0 fully saturated rings. The number of nitro groups is 1. The molecule has 0 aromatic heterocycles. The van der Waals surface area contributed by atoms with Crippen LogP contribution in [0.1, 0.15) is 37.0 Å². The van der Waals surface area contributed by atoms with E-state index in [1.807, 2.05) is 13.8 Å². The lowest BCUT2D eigenvalue weighted by Gasteiger charge is -2.15. The lowest BCUT2D eigenvalue weighted by Crippen LogP contribution is -2.13. The minimum atomic E-state index is -1.35. The largest absolute Gasteiger partial charge is 0.492 e. The number of carbonyl (C=O) groups is 1. The molecule has 0 spiro atoms. The zero-order valence-electron chi connectivity index (χ0n) is 11.0. The molecule has 0 heterocycles. The predicted octanol–water partition coefficient (Wildman–Crippen LogP) is 3.11. The second-order valence-corrected chi connectivity index (χ2v) is 4.21. The van der Waals surface area contributed by atoms with E-state index in [1.54, 1.807) is 0 Å². The van der Waals surface area contributed by atoms with Crippen LogP contribution in [0.15, 0.2) is 18.2 Å². The highest BCUT2D eigenvalue weighted by molar-refractivity contribution is 5.95. The highest BCUT2D eigenvalue weighted by Gasteiger charge is 2.24. The predicted molar refractivity (Wildman–Crippen MR) is 69.6 cm³/mol. The molecule has 1 aromatic rings. The number of benzene rings is 1. The molecule has 0 aliphatic heterocycles. The van der Waals surface area contributed by atoms with Gasteiger partial charge in [-0.3, -0.25) is 10.1 Å². The maximum atomic E-state index is 11.1. The standard InChI is InChI=1S/C13H17NO5/c1-3-9(4-2)8-19-11-7-5-6-10(14(17)18)12(11)13(15)16/h5-7,9H,3-4,8H2,1-2H3,(H,15,16). The van der Waals surface area contributed by atoms with Crippen molar-refractivity contribution in [3.8, 4) is 5.75 Å². The van der Waals surface area contributed by atoms with Gasteiger partial charge in [0.1, 0.15) is 5.75 Å². The first-order chi connectivity index (χ1) is 9.01. The Labute approximate surface area is 111 Å². The van der Waals surface area contributed by atoms with Crippen molar-refractivity contribution in [2.45, 2.75) is 26.7 Å². The van der Waals surface area contributed by atoms with E-state index in [9.17, 15) is 14.9 Å². The topological polar surface area (TPSA) is 89.7 Å². The lowest BCUT2D eigenvalue weighted by molar-refractivity contribution is -0.385. The van der Waals surface area contributed by atoms with Crippen molar-refractivity contribution in [3.05, 3.63) is 33.9 Å². The molecule has 0 aliphatic carbocycles. The number of hydrogen-bond donors (Lipinski definition) is 1. The molecule has 104 valence electrons. The third-order valence-corrected chi connectivity index (χ3v) is 3.04. The molecular formula is C13H17NO5. The van der Waals surface area contributed by atoms with E-state index in [4.69, 9.17) is 9.84 Å². The zero-order valence-corrected chi connectivity index (χ0v) is 11.0. The third-order valence-electron chi connectivity index (χ3n) is 3.04. The van der Waals surface area contributed by atoms with Gasteiger partial charge in [-0.2, -0.15) is 0 Å². The van der Waals surface area contributed by atoms with Crippen molar-refractivity contribution in [3.63, 3.8) is 0 Å². The minimum Gasteiger partial charge on any atom is -0.492 e. The molecule has 0 amide bonds. The highest BCUT2D eigenvalue weighted by atomic mass is 16.6. The van der Waals surface area contributed by atoms with Gasteiger partial charge >= 0.3 is 5.97 Å². The van der Waals surface area contributed by atoms with Crippen molar-refractivity contribution in [1.29, 1.82) is 0 Å². The first kappa shape index (κ1) is 14.9. The maximum Gasteiger partial charge on any atom is 0.346 e. The normalized spacial score (nSPS) is 10.5. The van der Waals surface area contributed by atoms with Crippen LogP contribution >= 0.6 is 0 Å². The number of nitrogens with zero attached hydrogens (tertiary/aromatic N) is 1. The molecule has 0 unspecified atom stereocenters. The summed E-state index contributed by atoms with van der Waals surface area (Å²) in [5.41, 5.74) is -0.840. The Bertz CT molecular complexity index is 468. The van der Waals surface area contributed by atoms with E-state index in [0.29, 0.717) is 12.5 Å². The fraction of sp³-hybridized carbons (Fsp3) is 0.462. The SMILES string of the molecule is CCC(CC)COc1cccc([N+](=O)[O-])c1C(=O)O. The van der Waals surface area contributed by atoms with Gasteiger partial charge < -0.3 is 9.84 Å². The van der Waals surface area contributed by atoms with E-state index in [-0.39, 0.29) is 5.75 Å². The van der Waals surface area contributed by atoms with Crippen LogP contribution in [-0.2, 0) is 0 Å². The van der Waals surface area contributed by atoms with Gasteiger partial charge in [-0.1, -0.05) is 32.8 Å². The van der Waals surface area contributed by atoms with Gasteiger partial charge in [0.2, 0.25) is 0 Å². The van der Waals surface area contributed by atoms with Gasteiger partial charge in [0.15, 0.2) is 5.56 Å². The summed E-state index contributed by atoms with van der Waals surface area (Å²) in [7, 11) is 0. The average Bonchev–Trinajstić information content (AvgIpc) is 2.39. The van der Waals surface area contributed by atoms with Crippen molar-refractivity contribution < 1.29 is 19.6 Å². The van der Waals surface area contributed by atoms with Gasteiger partial charge in [-0.05, 0) is 12.0 Å². The monoisotopic (exact) mass is 267 g/mol. The van der Waals surface area contributed by atoms with Crippen LogP contribution in [0.4, 0.5) is 5.69 Å². The zero-order chi connectivity index (χ0) is 14.4. The Morgan fingerprint density at radius 3 is 2.53 bits per heavy atom. The molecule has 0 saturated carbocycles. The van der Waals surface area contributed by atoms with Gasteiger partial charge in [0.05, 0.1) is 11.5 Å². The molecule has 0 saturated heterocycles. The van der Waals surface area contributed by atoms with E-state index in [0.717, 1.165) is 18.9 Å². The molecule has 1 N–H and O–H groups in total. The number of nitro benzene ring substituents is 1. The van der Waals surface area contributed by atoms with Crippen molar-refractivity contribution in [2.24, 2.45) is 5.92 Å². The summed E-state index contributed by atoms with van der Waals surface area (Å²) < 4.78 is 5.45. The van der Waals surface area contributed by atoms with Crippen molar-refractivity contribution in [1.82, 2.24) is 0 Å². The van der Waals surface area contributed by atoms with Crippen LogP contribution < -0.4 is 4.74 Å². The van der Waals surface area contributed by atoms with Gasteiger partial charge in [0, 0.05) is 6.07 Å². The van der Waals surface area contributed by atoms with Crippen LogP contribution in [0.5, 0.6) is 5.75 Å². The van der Waals surface area contributed by atoms with Crippen molar-refractivity contribution >= 4 is 11.7 Å². The Balaban J connectivity index is 3.03. The fourth-order valence-electron chi connectivity index (χ4n) is 1.74. The van der Waals surface area contributed by atoms with Crippen LogP contribution in [-0.4, -0.2) is 22.6 Å². The molecule has 0 aliphatic rings. The van der Waals surface area contributed by atoms with Gasteiger partial charge in [0.25, 0.3) is 5.69 Å². The number of aromatic carboxylic acids is 1. The molecular weight excluding hydrogens is 250 g/mol. The van der Waals surface area contributed by atoms with Crippen LogP contribution in [0.25, 0.3) is 0 Å². The summed E-state index contributed by atoms with van der Waals surface area (Å²) in [6.07, 6.45) is 1.82. The second-order valence-electron chi connectivity index (χ2n) is 4.21. The van der Waals surface area contributed by atoms with Crippen molar-refractivity contribution in [2.75, 3.05) is 6.61 Å². The summed E-state index contributed by atoms with van der Waals surface area (Å²) in [6, 6.07) is 4.03. The molecule has 6 heteroatoms. The lowest BCUT2D eigenvalue weighted by atomic mass is 10.1. The molecule has 19 heavy (non-hydrogen) atoms. The number of rotatable bonds is 7. The fourth-order valence-corrected chi connectivity index (χ4v) is 1.74. The number of carboxylic acids is 1. The molecule has 1 aromatic carbocycles. The molecule has 6 nitrogen and oxygen atoms in total. The molecule has 0 atom stereocenters. The quantitative estimate of drug-likeness (QED) is 0.605. The Kier molecular flexibility index (Phi) is 5.29. The summed E-state index contributed by atoms with van der Waals surface area (Å²) in [5, 5.41) is 19.9. The van der Waals surface area contributed by atoms with E-state index < -0.39 is 22.1 Å². The summed E-state index contributed by atoms with van der Waals surface area (Å²) in [5.74, 6) is -0.999. The summed E-state index contributed by atoms with van der Waals surface area (Å²) in [4.78, 5) is 21.2. The minimum absolute atomic E-state index is 0.0496. The van der Waals surface area contributed by atoms with Gasteiger partial charge in [-0.15, -0.1) is 0 Å².